The van der Waals surface area contributed by atoms with Gasteiger partial charge in [0, 0.05) is 29.7 Å². The first-order valence-corrected chi connectivity index (χ1v) is 6.13. The number of hydrogen-bond acceptors (Lipinski definition) is 5. The van der Waals surface area contributed by atoms with Crippen LogP contribution in [0.1, 0.15) is 5.56 Å². The number of benzene rings is 1. The lowest BCUT2D eigenvalue weighted by Gasteiger charge is -2.05. The maximum absolute atomic E-state index is 8.56. The van der Waals surface area contributed by atoms with Gasteiger partial charge in [-0.05, 0) is 11.6 Å². The Morgan fingerprint density at radius 2 is 2.05 bits per heavy atom. The minimum absolute atomic E-state index is 0.476. The third-order valence-electron chi connectivity index (χ3n) is 2.99. The van der Waals surface area contributed by atoms with Crippen LogP contribution in [0.3, 0.4) is 0 Å². The molecule has 20 heavy (non-hydrogen) atoms. The summed E-state index contributed by atoms with van der Waals surface area (Å²) >= 11 is 0. The van der Waals surface area contributed by atoms with Gasteiger partial charge >= 0.3 is 0 Å². The van der Waals surface area contributed by atoms with Crippen molar-refractivity contribution in [1.29, 1.82) is 5.26 Å². The van der Waals surface area contributed by atoms with E-state index in [0.29, 0.717) is 18.2 Å². The standard InChI is InChI=1S/C14H12N6/c15-8-18-14-5-13(19-9-20-14)17-7-10-6-16-12-4-2-1-3-11(10)12/h1-6,9,16H,7H2,(H2,17,18,19,20). The first kappa shape index (κ1) is 12.0. The molecule has 2 heterocycles. The van der Waals surface area contributed by atoms with Crippen molar-refractivity contribution in [2.24, 2.45) is 0 Å². The van der Waals surface area contributed by atoms with Gasteiger partial charge in [-0.15, -0.1) is 0 Å². The highest BCUT2D eigenvalue weighted by atomic mass is 15.1. The second-order valence-corrected chi connectivity index (χ2v) is 4.24. The molecular weight excluding hydrogens is 252 g/mol. The van der Waals surface area contributed by atoms with E-state index in [1.807, 2.05) is 30.6 Å². The van der Waals surface area contributed by atoms with Crippen LogP contribution in [0.4, 0.5) is 11.6 Å². The van der Waals surface area contributed by atoms with Gasteiger partial charge in [-0.1, -0.05) is 18.2 Å². The third kappa shape index (κ3) is 2.37. The van der Waals surface area contributed by atoms with Crippen molar-refractivity contribution in [2.45, 2.75) is 6.54 Å². The molecule has 6 heteroatoms. The van der Waals surface area contributed by atoms with Crippen molar-refractivity contribution in [1.82, 2.24) is 15.0 Å². The highest BCUT2D eigenvalue weighted by Crippen LogP contribution is 2.18. The average molecular weight is 264 g/mol. The summed E-state index contributed by atoms with van der Waals surface area (Å²) < 4.78 is 0. The Balaban J connectivity index is 1.76. The molecule has 0 aliphatic carbocycles. The minimum atomic E-state index is 0.476. The van der Waals surface area contributed by atoms with Crippen molar-refractivity contribution in [3.63, 3.8) is 0 Å². The molecule has 3 N–H and O–H groups in total. The molecule has 0 spiro atoms. The van der Waals surface area contributed by atoms with Crippen LogP contribution in [-0.4, -0.2) is 15.0 Å². The Morgan fingerprint density at radius 3 is 2.95 bits per heavy atom. The van der Waals surface area contributed by atoms with Gasteiger partial charge in [0.05, 0.1) is 0 Å². The van der Waals surface area contributed by atoms with Crippen LogP contribution >= 0.6 is 0 Å². The largest absolute Gasteiger partial charge is 0.366 e. The maximum Gasteiger partial charge on any atom is 0.182 e. The number of anilines is 2. The van der Waals surface area contributed by atoms with Gasteiger partial charge < -0.3 is 10.3 Å². The summed E-state index contributed by atoms with van der Waals surface area (Å²) in [5, 5.41) is 15.4. The molecule has 3 aromatic rings. The van der Waals surface area contributed by atoms with Crippen molar-refractivity contribution in [3.8, 4) is 6.19 Å². The number of hydrogen-bond donors (Lipinski definition) is 3. The fourth-order valence-electron chi connectivity index (χ4n) is 2.04. The summed E-state index contributed by atoms with van der Waals surface area (Å²) in [6.45, 7) is 0.646. The van der Waals surface area contributed by atoms with Crippen LogP contribution < -0.4 is 10.6 Å². The monoisotopic (exact) mass is 264 g/mol. The molecule has 0 bridgehead atoms. The first-order valence-electron chi connectivity index (χ1n) is 6.13. The molecule has 0 radical (unpaired) electrons. The van der Waals surface area contributed by atoms with E-state index in [9.17, 15) is 0 Å². The minimum Gasteiger partial charge on any atom is -0.366 e. The van der Waals surface area contributed by atoms with Gasteiger partial charge in [-0.25, -0.2) is 9.97 Å². The summed E-state index contributed by atoms with van der Waals surface area (Å²) in [6, 6.07) is 9.82. The summed E-state index contributed by atoms with van der Waals surface area (Å²) in [7, 11) is 0. The molecule has 0 atom stereocenters. The Hall–Kier alpha value is -3.07. The summed E-state index contributed by atoms with van der Waals surface area (Å²) in [6.07, 6.45) is 5.23. The molecule has 2 aromatic heterocycles. The van der Waals surface area contributed by atoms with Gasteiger partial charge in [0.15, 0.2) is 6.19 Å². The number of aromatic amines is 1. The number of rotatable bonds is 4. The van der Waals surface area contributed by atoms with Gasteiger partial charge in [0.2, 0.25) is 0 Å². The van der Waals surface area contributed by atoms with Crippen molar-refractivity contribution in [2.75, 3.05) is 10.6 Å². The van der Waals surface area contributed by atoms with Gasteiger partial charge in [0.25, 0.3) is 0 Å². The average Bonchev–Trinajstić information content (AvgIpc) is 2.89. The van der Waals surface area contributed by atoms with Crippen LogP contribution in [0, 0.1) is 11.5 Å². The van der Waals surface area contributed by atoms with E-state index in [1.165, 1.54) is 11.7 Å². The molecule has 98 valence electrons. The predicted molar refractivity (Wildman–Crippen MR) is 76.9 cm³/mol. The van der Waals surface area contributed by atoms with Crippen LogP contribution in [-0.2, 0) is 6.54 Å². The Morgan fingerprint density at radius 1 is 1.20 bits per heavy atom. The zero-order valence-corrected chi connectivity index (χ0v) is 10.6. The van der Waals surface area contributed by atoms with Crippen LogP contribution in [0.25, 0.3) is 10.9 Å². The van der Waals surface area contributed by atoms with Crippen LogP contribution in [0.15, 0.2) is 42.9 Å². The van der Waals surface area contributed by atoms with Crippen LogP contribution in [0.2, 0.25) is 0 Å². The Bertz CT molecular complexity index is 770. The predicted octanol–water partition coefficient (Wildman–Crippen LogP) is 2.46. The van der Waals surface area contributed by atoms with E-state index in [4.69, 9.17) is 5.26 Å². The van der Waals surface area contributed by atoms with E-state index in [1.54, 1.807) is 6.07 Å². The lowest BCUT2D eigenvalue weighted by Crippen LogP contribution is -2.02. The molecule has 6 nitrogen and oxygen atoms in total. The molecule has 0 fully saturated rings. The van der Waals surface area contributed by atoms with E-state index in [2.05, 4.69) is 31.7 Å². The highest BCUT2D eigenvalue weighted by molar-refractivity contribution is 5.83. The summed E-state index contributed by atoms with van der Waals surface area (Å²) in [5.41, 5.74) is 2.27. The molecule has 0 aliphatic rings. The van der Waals surface area contributed by atoms with Crippen molar-refractivity contribution in [3.05, 3.63) is 48.4 Å². The SMILES string of the molecule is N#CNc1cc(NCc2c[nH]c3ccccc23)ncn1. The topological polar surface area (TPSA) is 89.4 Å². The molecule has 1 aromatic carbocycles. The normalized spacial score (nSPS) is 10.2. The fourth-order valence-corrected chi connectivity index (χ4v) is 2.04. The van der Waals surface area contributed by atoms with Crippen molar-refractivity contribution < 1.29 is 0 Å². The van der Waals surface area contributed by atoms with Crippen LogP contribution in [0.5, 0.6) is 0 Å². The highest BCUT2D eigenvalue weighted by Gasteiger charge is 2.03. The number of nitriles is 1. The fraction of sp³-hybridized carbons (Fsp3) is 0.0714. The van der Waals surface area contributed by atoms with Gasteiger partial charge in [0.1, 0.15) is 18.0 Å². The van der Waals surface area contributed by atoms with Crippen molar-refractivity contribution >= 4 is 22.5 Å². The van der Waals surface area contributed by atoms with E-state index < -0.39 is 0 Å². The number of H-pyrrole nitrogens is 1. The number of fused-ring (bicyclic) bond motifs is 1. The molecule has 0 saturated carbocycles. The first-order chi connectivity index (χ1) is 9.86. The summed E-state index contributed by atoms with van der Waals surface area (Å²) in [5.74, 6) is 1.15. The summed E-state index contributed by atoms with van der Waals surface area (Å²) in [4.78, 5) is 11.3. The Kier molecular flexibility index (Phi) is 3.17. The van der Waals surface area contributed by atoms with E-state index in [0.717, 1.165) is 11.1 Å². The maximum atomic E-state index is 8.56. The molecule has 3 rings (SSSR count). The van der Waals surface area contributed by atoms with Gasteiger partial charge in [-0.3, -0.25) is 5.32 Å². The number of para-hydroxylation sites is 1. The zero-order chi connectivity index (χ0) is 13.8. The number of nitrogens with zero attached hydrogens (tertiary/aromatic N) is 3. The number of aromatic nitrogens is 3. The smallest absolute Gasteiger partial charge is 0.182 e. The molecule has 0 saturated heterocycles. The molecule has 0 amide bonds. The van der Waals surface area contributed by atoms with Gasteiger partial charge in [-0.2, -0.15) is 5.26 Å². The third-order valence-corrected chi connectivity index (χ3v) is 2.99. The second-order valence-electron chi connectivity index (χ2n) is 4.24. The molecule has 0 aliphatic heterocycles. The molecule has 0 unspecified atom stereocenters. The quantitative estimate of drug-likeness (QED) is 0.497. The van der Waals surface area contributed by atoms with E-state index in [-0.39, 0.29) is 0 Å². The van der Waals surface area contributed by atoms with E-state index >= 15 is 0 Å². The Labute approximate surface area is 115 Å². The second kappa shape index (κ2) is 5.28. The zero-order valence-electron chi connectivity index (χ0n) is 10.6. The lowest BCUT2D eigenvalue weighted by molar-refractivity contribution is 1.09. The lowest BCUT2D eigenvalue weighted by atomic mass is 10.2. The number of nitrogens with one attached hydrogen (secondary N) is 3. The molecular formula is C14H12N6.